The Balaban J connectivity index is 1.38. The van der Waals surface area contributed by atoms with Crippen LogP contribution in [0.25, 0.3) is 28.1 Å². The molecule has 11 nitrogen and oxygen atoms in total. The molecule has 0 fully saturated rings. The van der Waals surface area contributed by atoms with Gasteiger partial charge in [-0.2, -0.15) is 4.68 Å². The fraction of sp³-hybridized carbons (Fsp3) is 0.125. The van der Waals surface area contributed by atoms with Crippen molar-refractivity contribution in [2.45, 2.75) is 18.9 Å². The minimum atomic E-state index is -1.46. The van der Waals surface area contributed by atoms with E-state index >= 15 is 0 Å². The standard InChI is InChI=1S/C24H16ClFN8O3/c25-13-1-3-18(33-11-29-31-32-33)16(9-13)12-7-14-2-4-19(34(14)20(35)8-12)23-28-10-17(30-23)15-5-6-27-22(21(15)26)24(36)37/h1,3,5-11,19H,2,4H2,(H,28,30)(H,36,37)/t19-/m0/s1. The quantitative estimate of drug-likeness (QED) is 0.360. The van der Waals surface area contributed by atoms with Crippen LogP contribution in [-0.2, 0) is 6.42 Å². The SMILES string of the molecule is O=C(O)c1nccc(-c2cnc([C@@H]3CCc4cc(-c5cc(Cl)ccc5-n5cnnn5)cc(=O)n43)[nH]2)c1F. The molecule has 37 heavy (non-hydrogen) atoms. The van der Waals surface area contributed by atoms with Gasteiger partial charge in [0.1, 0.15) is 12.2 Å². The van der Waals surface area contributed by atoms with Gasteiger partial charge in [0.25, 0.3) is 5.56 Å². The molecule has 4 aromatic heterocycles. The number of aromatic amines is 1. The maximum absolute atomic E-state index is 14.7. The fourth-order valence-corrected chi connectivity index (χ4v) is 4.84. The smallest absolute Gasteiger partial charge is 0.357 e. The summed E-state index contributed by atoms with van der Waals surface area (Å²) < 4.78 is 17.8. The van der Waals surface area contributed by atoms with Gasteiger partial charge in [0, 0.05) is 34.1 Å². The topological polar surface area (TPSA) is 144 Å². The van der Waals surface area contributed by atoms with Gasteiger partial charge in [-0.25, -0.2) is 19.2 Å². The number of imidazole rings is 1. The van der Waals surface area contributed by atoms with E-state index in [0.29, 0.717) is 46.2 Å². The summed E-state index contributed by atoms with van der Waals surface area (Å²) in [5.74, 6) is -1.96. The number of nitrogens with one attached hydrogen (secondary N) is 1. The van der Waals surface area contributed by atoms with Gasteiger partial charge < -0.3 is 14.7 Å². The second-order valence-electron chi connectivity index (χ2n) is 8.42. The maximum atomic E-state index is 14.7. The average Bonchev–Trinajstić information content (AvgIpc) is 3.64. The van der Waals surface area contributed by atoms with Crippen molar-refractivity contribution in [2.75, 3.05) is 0 Å². The summed E-state index contributed by atoms with van der Waals surface area (Å²) >= 11 is 6.26. The molecule has 1 atom stereocenters. The molecular formula is C24H16ClFN8O3. The second kappa shape index (κ2) is 8.75. The van der Waals surface area contributed by atoms with Gasteiger partial charge >= 0.3 is 5.97 Å². The predicted molar refractivity (Wildman–Crippen MR) is 129 cm³/mol. The van der Waals surface area contributed by atoms with Crippen LogP contribution in [0.2, 0.25) is 5.02 Å². The number of carboxylic acids is 1. The Kier molecular flexibility index (Phi) is 5.37. The molecule has 5 aromatic rings. The average molecular weight is 519 g/mol. The monoisotopic (exact) mass is 518 g/mol. The van der Waals surface area contributed by atoms with Crippen LogP contribution < -0.4 is 5.56 Å². The van der Waals surface area contributed by atoms with E-state index in [1.807, 2.05) is 6.07 Å². The minimum absolute atomic E-state index is 0.0307. The molecule has 0 bridgehead atoms. The predicted octanol–water partition coefficient (Wildman–Crippen LogP) is 3.30. The molecule has 0 saturated heterocycles. The highest BCUT2D eigenvalue weighted by Crippen LogP contribution is 2.34. The lowest BCUT2D eigenvalue weighted by molar-refractivity contribution is 0.0685. The molecule has 1 aromatic carbocycles. The van der Waals surface area contributed by atoms with Crippen molar-refractivity contribution in [2.24, 2.45) is 0 Å². The first-order valence-corrected chi connectivity index (χ1v) is 11.5. The number of benzene rings is 1. The third kappa shape index (κ3) is 3.87. The Morgan fingerprint density at radius 2 is 2.03 bits per heavy atom. The van der Waals surface area contributed by atoms with E-state index in [4.69, 9.17) is 16.7 Å². The van der Waals surface area contributed by atoms with Crippen molar-refractivity contribution in [1.29, 1.82) is 0 Å². The zero-order valence-corrected chi connectivity index (χ0v) is 19.6. The zero-order chi connectivity index (χ0) is 25.7. The normalized spacial score (nSPS) is 14.6. The van der Waals surface area contributed by atoms with Crippen LogP contribution in [0.5, 0.6) is 0 Å². The number of H-pyrrole nitrogens is 1. The van der Waals surface area contributed by atoms with Crippen LogP contribution in [0.1, 0.15) is 34.5 Å². The van der Waals surface area contributed by atoms with Gasteiger partial charge in [-0.3, -0.25) is 4.79 Å². The maximum Gasteiger partial charge on any atom is 0.357 e. The molecule has 0 radical (unpaired) electrons. The molecule has 0 aliphatic carbocycles. The van der Waals surface area contributed by atoms with Crippen LogP contribution >= 0.6 is 11.6 Å². The molecular weight excluding hydrogens is 503 g/mol. The number of rotatable bonds is 5. The summed E-state index contributed by atoms with van der Waals surface area (Å²) in [6.07, 6.45) is 5.31. The Hall–Kier alpha value is -4.71. The number of hydrogen-bond acceptors (Lipinski definition) is 7. The van der Waals surface area contributed by atoms with Crippen molar-refractivity contribution in [1.82, 2.24) is 39.7 Å². The highest BCUT2D eigenvalue weighted by molar-refractivity contribution is 6.31. The number of pyridine rings is 2. The summed E-state index contributed by atoms with van der Waals surface area (Å²) in [7, 11) is 0. The molecule has 2 N–H and O–H groups in total. The first-order chi connectivity index (χ1) is 17.9. The zero-order valence-electron chi connectivity index (χ0n) is 18.8. The highest BCUT2D eigenvalue weighted by Gasteiger charge is 2.28. The summed E-state index contributed by atoms with van der Waals surface area (Å²) in [4.78, 5) is 35.6. The Morgan fingerprint density at radius 1 is 1.16 bits per heavy atom. The number of halogens is 2. The van der Waals surface area contributed by atoms with Crippen LogP contribution in [0.4, 0.5) is 4.39 Å². The van der Waals surface area contributed by atoms with Crippen molar-refractivity contribution >= 4 is 17.6 Å². The van der Waals surface area contributed by atoms with Crippen LogP contribution in [0, 0.1) is 5.82 Å². The summed E-state index contributed by atoms with van der Waals surface area (Å²) in [6.45, 7) is 0. The molecule has 0 saturated carbocycles. The van der Waals surface area contributed by atoms with Gasteiger partial charge in [0.2, 0.25) is 0 Å². The molecule has 0 amide bonds. The number of carboxylic acid groups (broad SMARTS) is 1. The van der Waals surface area contributed by atoms with Gasteiger partial charge in [0.15, 0.2) is 11.5 Å². The van der Waals surface area contributed by atoms with Gasteiger partial charge in [-0.05, 0) is 59.2 Å². The Labute approximate surface area is 212 Å². The Morgan fingerprint density at radius 3 is 2.81 bits per heavy atom. The van der Waals surface area contributed by atoms with Gasteiger partial charge in [0.05, 0.1) is 23.6 Å². The molecule has 1 aliphatic heterocycles. The van der Waals surface area contributed by atoms with Crippen molar-refractivity contribution < 1.29 is 14.3 Å². The van der Waals surface area contributed by atoms with Crippen LogP contribution in [-0.4, -0.2) is 50.8 Å². The van der Waals surface area contributed by atoms with E-state index in [1.54, 1.807) is 22.8 Å². The van der Waals surface area contributed by atoms with E-state index in [9.17, 15) is 14.0 Å². The number of aromatic nitrogens is 8. The third-order valence-electron chi connectivity index (χ3n) is 6.29. The molecule has 0 unspecified atom stereocenters. The lowest BCUT2D eigenvalue weighted by atomic mass is 10.0. The summed E-state index contributed by atoms with van der Waals surface area (Å²) in [5.41, 5.74) is 2.25. The summed E-state index contributed by atoms with van der Waals surface area (Å²) in [5, 5.41) is 21.0. The molecule has 5 heterocycles. The molecule has 0 spiro atoms. The second-order valence-corrected chi connectivity index (χ2v) is 8.86. The minimum Gasteiger partial charge on any atom is -0.476 e. The van der Waals surface area contributed by atoms with Gasteiger partial charge in [-0.15, -0.1) is 5.10 Å². The number of nitrogens with zero attached hydrogens (tertiary/aromatic N) is 7. The number of aryl methyl sites for hydroxylation is 1. The fourth-order valence-electron chi connectivity index (χ4n) is 4.66. The van der Waals surface area contributed by atoms with E-state index in [1.165, 1.54) is 35.5 Å². The first-order valence-electron chi connectivity index (χ1n) is 11.1. The van der Waals surface area contributed by atoms with E-state index in [2.05, 4.69) is 30.5 Å². The lowest BCUT2D eigenvalue weighted by Crippen LogP contribution is -2.23. The number of hydrogen-bond donors (Lipinski definition) is 2. The van der Waals surface area contributed by atoms with Crippen molar-refractivity contribution in [3.8, 4) is 28.1 Å². The Bertz CT molecular complexity index is 1730. The van der Waals surface area contributed by atoms with E-state index < -0.39 is 23.5 Å². The molecule has 6 rings (SSSR count). The number of tetrazole rings is 1. The summed E-state index contributed by atoms with van der Waals surface area (Å²) in [6, 6.07) is 9.67. The first kappa shape index (κ1) is 22.7. The van der Waals surface area contributed by atoms with Crippen molar-refractivity contribution in [3.05, 3.63) is 93.5 Å². The van der Waals surface area contributed by atoms with E-state index in [-0.39, 0.29) is 11.1 Å². The third-order valence-corrected chi connectivity index (χ3v) is 6.53. The van der Waals surface area contributed by atoms with Crippen molar-refractivity contribution in [3.63, 3.8) is 0 Å². The number of carbonyl (C=O) groups is 1. The largest absolute Gasteiger partial charge is 0.476 e. The molecule has 1 aliphatic rings. The van der Waals surface area contributed by atoms with Crippen LogP contribution in [0.15, 0.2) is 59.9 Å². The van der Waals surface area contributed by atoms with Gasteiger partial charge in [-0.1, -0.05) is 11.6 Å². The lowest BCUT2D eigenvalue weighted by Gasteiger charge is -2.15. The van der Waals surface area contributed by atoms with Crippen LogP contribution in [0.3, 0.4) is 0 Å². The number of aromatic carboxylic acids is 1. The molecule has 13 heteroatoms. The highest BCUT2D eigenvalue weighted by atomic mass is 35.5. The van der Waals surface area contributed by atoms with E-state index in [0.717, 1.165) is 5.69 Å². The number of fused-ring (bicyclic) bond motifs is 1. The molecule has 184 valence electrons.